The standard InChI is InChI=1S/C11H13FO4/c1-14-8-4-7(6-13)10(12)9(5-8)11(15-2)16-3/h4-6,11H,1-3H3. The predicted octanol–water partition coefficient (Wildman–Crippen LogP) is 1.94. The van der Waals surface area contributed by atoms with E-state index in [-0.39, 0.29) is 11.1 Å². The number of carbonyl (C=O) groups is 1. The Morgan fingerprint density at radius 2 is 1.88 bits per heavy atom. The van der Waals surface area contributed by atoms with E-state index in [2.05, 4.69) is 0 Å². The number of hydrogen-bond acceptors (Lipinski definition) is 4. The molecule has 0 fully saturated rings. The fourth-order valence-electron chi connectivity index (χ4n) is 1.37. The second kappa shape index (κ2) is 5.58. The lowest BCUT2D eigenvalue weighted by Crippen LogP contribution is -2.08. The first-order valence-corrected chi connectivity index (χ1v) is 4.56. The van der Waals surface area contributed by atoms with Crippen LogP contribution in [0.4, 0.5) is 4.39 Å². The summed E-state index contributed by atoms with van der Waals surface area (Å²) in [5.41, 5.74) is 0.0416. The summed E-state index contributed by atoms with van der Waals surface area (Å²) in [7, 11) is 4.20. The van der Waals surface area contributed by atoms with Gasteiger partial charge in [-0.3, -0.25) is 4.79 Å². The average molecular weight is 228 g/mol. The van der Waals surface area contributed by atoms with Gasteiger partial charge in [0, 0.05) is 19.8 Å². The topological polar surface area (TPSA) is 44.8 Å². The molecule has 0 saturated heterocycles. The molecule has 0 amide bonds. The second-order valence-electron chi connectivity index (χ2n) is 3.04. The minimum Gasteiger partial charge on any atom is -0.497 e. The van der Waals surface area contributed by atoms with E-state index in [1.807, 2.05) is 0 Å². The molecule has 5 heteroatoms. The van der Waals surface area contributed by atoms with E-state index in [0.29, 0.717) is 12.0 Å². The largest absolute Gasteiger partial charge is 0.497 e. The number of aldehydes is 1. The summed E-state index contributed by atoms with van der Waals surface area (Å²) >= 11 is 0. The molecule has 0 N–H and O–H groups in total. The summed E-state index contributed by atoms with van der Waals surface area (Å²) in [5, 5.41) is 0. The zero-order valence-corrected chi connectivity index (χ0v) is 9.32. The molecule has 0 bridgehead atoms. The van der Waals surface area contributed by atoms with E-state index in [1.54, 1.807) is 0 Å². The molecule has 0 heterocycles. The quantitative estimate of drug-likeness (QED) is 0.570. The highest BCUT2D eigenvalue weighted by Crippen LogP contribution is 2.27. The summed E-state index contributed by atoms with van der Waals surface area (Å²) in [6.07, 6.45) is -0.446. The Labute approximate surface area is 92.9 Å². The van der Waals surface area contributed by atoms with Gasteiger partial charge in [0.15, 0.2) is 12.6 Å². The number of halogens is 1. The van der Waals surface area contributed by atoms with E-state index in [0.717, 1.165) is 0 Å². The van der Waals surface area contributed by atoms with Crippen molar-refractivity contribution in [3.8, 4) is 5.75 Å². The lowest BCUT2D eigenvalue weighted by atomic mass is 10.1. The number of hydrogen-bond donors (Lipinski definition) is 0. The number of carbonyl (C=O) groups excluding carboxylic acids is 1. The molecule has 0 saturated carbocycles. The van der Waals surface area contributed by atoms with Crippen molar-refractivity contribution in [3.63, 3.8) is 0 Å². The number of ether oxygens (including phenoxy) is 3. The smallest absolute Gasteiger partial charge is 0.186 e. The molecule has 4 nitrogen and oxygen atoms in total. The van der Waals surface area contributed by atoms with Crippen molar-refractivity contribution in [3.05, 3.63) is 29.1 Å². The van der Waals surface area contributed by atoms with Crippen molar-refractivity contribution in [1.82, 2.24) is 0 Å². The zero-order valence-electron chi connectivity index (χ0n) is 9.32. The van der Waals surface area contributed by atoms with Crippen molar-refractivity contribution in [1.29, 1.82) is 0 Å². The molecular formula is C11H13FO4. The van der Waals surface area contributed by atoms with E-state index >= 15 is 0 Å². The molecule has 0 aliphatic rings. The highest BCUT2D eigenvalue weighted by molar-refractivity contribution is 5.76. The van der Waals surface area contributed by atoms with Crippen LogP contribution < -0.4 is 4.74 Å². The summed E-state index contributed by atoms with van der Waals surface area (Å²) in [5.74, 6) is -0.290. The number of methoxy groups -OCH3 is 3. The number of rotatable bonds is 5. The Kier molecular flexibility index (Phi) is 4.39. The van der Waals surface area contributed by atoms with Crippen molar-refractivity contribution in [2.24, 2.45) is 0 Å². The molecule has 0 aliphatic heterocycles. The molecule has 0 spiro atoms. The average Bonchev–Trinajstić information content (AvgIpc) is 2.32. The van der Waals surface area contributed by atoms with Gasteiger partial charge in [-0.15, -0.1) is 0 Å². The highest BCUT2D eigenvalue weighted by Gasteiger charge is 2.19. The first-order chi connectivity index (χ1) is 7.67. The van der Waals surface area contributed by atoms with Crippen molar-refractivity contribution in [2.75, 3.05) is 21.3 Å². The van der Waals surface area contributed by atoms with Crippen LogP contribution in [-0.4, -0.2) is 27.6 Å². The van der Waals surface area contributed by atoms with Crippen LogP contribution in [0.5, 0.6) is 5.75 Å². The van der Waals surface area contributed by atoms with Gasteiger partial charge in [0.1, 0.15) is 11.6 Å². The first-order valence-electron chi connectivity index (χ1n) is 4.56. The lowest BCUT2D eigenvalue weighted by Gasteiger charge is -2.16. The fraction of sp³-hybridized carbons (Fsp3) is 0.364. The van der Waals surface area contributed by atoms with Gasteiger partial charge in [-0.25, -0.2) is 4.39 Å². The maximum absolute atomic E-state index is 13.8. The minimum absolute atomic E-state index is 0.0894. The minimum atomic E-state index is -0.867. The SMILES string of the molecule is COc1cc(C=O)c(F)c(C(OC)OC)c1. The maximum atomic E-state index is 13.8. The Bertz CT molecular complexity index is 374. The monoisotopic (exact) mass is 228 g/mol. The lowest BCUT2D eigenvalue weighted by molar-refractivity contribution is -0.107. The third kappa shape index (κ3) is 2.37. The van der Waals surface area contributed by atoms with Gasteiger partial charge in [-0.1, -0.05) is 0 Å². The molecular weight excluding hydrogens is 215 g/mol. The van der Waals surface area contributed by atoms with Crippen molar-refractivity contribution < 1.29 is 23.4 Å². The van der Waals surface area contributed by atoms with Crippen molar-refractivity contribution >= 4 is 6.29 Å². The first kappa shape index (κ1) is 12.6. The van der Waals surface area contributed by atoms with Crippen LogP contribution in [0.15, 0.2) is 12.1 Å². The van der Waals surface area contributed by atoms with Gasteiger partial charge < -0.3 is 14.2 Å². The third-order valence-corrected chi connectivity index (χ3v) is 2.15. The van der Waals surface area contributed by atoms with E-state index in [9.17, 15) is 9.18 Å². The van der Waals surface area contributed by atoms with E-state index < -0.39 is 12.1 Å². The normalized spacial score (nSPS) is 10.6. The van der Waals surface area contributed by atoms with Gasteiger partial charge >= 0.3 is 0 Å². The fourth-order valence-corrected chi connectivity index (χ4v) is 1.37. The zero-order chi connectivity index (χ0) is 12.1. The van der Waals surface area contributed by atoms with Gasteiger partial charge in [-0.2, -0.15) is 0 Å². The van der Waals surface area contributed by atoms with Crippen LogP contribution in [0, 0.1) is 5.82 Å². The van der Waals surface area contributed by atoms with Gasteiger partial charge in [-0.05, 0) is 12.1 Å². The molecule has 0 radical (unpaired) electrons. The van der Waals surface area contributed by atoms with Crippen LogP contribution in [-0.2, 0) is 9.47 Å². The molecule has 16 heavy (non-hydrogen) atoms. The molecule has 0 atom stereocenters. The van der Waals surface area contributed by atoms with Crippen molar-refractivity contribution in [2.45, 2.75) is 6.29 Å². The van der Waals surface area contributed by atoms with Gasteiger partial charge in [0.25, 0.3) is 0 Å². The highest BCUT2D eigenvalue weighted by atomic mass is 19.1. The Morgan fingerprint density at radius 1 is 1.25 bits per heavy atom. The van der Waals surface area contributed by atoms with Gasteiger partial charge in [0.2, 0.25) is 0 Å². The van der Waals surface area contributed by atoms with Crippen LogP contribution in [0.1, 0.15) is 22.2 Å². The van der Waals surface area contributed by atoms with Crippen LogP contribution in [0.3, 0.4) is 0 Å². The van der Waals surface area contributed by atoms with Crippen LogP contribution in [0.2, 0.25) is 0 Å². The third-order valence-electron chi connectivity index (χ3n) is 2.15. The second-order valence-corrected chi connectivity index (χ2v) is 3.04. The van der Waals surface area contributed by atoms with E-state index in [4.69, 9.17) is 14.2 Å². The molecule has 0 aliphatic carbocycles. The summed E-state index contributed by atoms with van der Waals surface area (Å²) in [4.78, 5) is 10.7. The Morgan fingerprint density at radius 3 is 2.31 bits per heavy atom. The van der Waals surface area contributed by atoms with Crippen LogP contribution in [0.25, 0.3) is 0 Å². The maximum Gasteiger partial charge on any atom is 0.186 e. The van der Waals surface area contributed by atoms with Gasteiger partial charge in [0.05, 0.1) is 12.7 Å². The summed E-state index contributed by atoms with van der Waals surface area (Å²) in [6, 6.07) is 2.74. The number of benzene rings is 1. The summed E-state index contributed by atoms with van der Waals surface area (Å²) < 4.78 is 28.6. The molecule has 88 valence electrons. The Balaban J connectivity index is 3.30. The Hall–Kier alpha value is -1.46. The molecule has 1 aromatic rings. The molecule has 1 aromatic carbocycles. The molecule has 1 rings (SSSR count). The van der Waals surface area contributed by atoms with Crippen LogP contribution >= 0.6 is 0 Å². The molecule has 0 aromatic heterocycles. The molecule has 0 unspecified atom stereocenters. The summed E-state index contributed by atoms with van der Waals surface area (Å²) in [6.45, 7) is 0. The van der Waals surface area contributed by atoms with E-state index in [1.165, 1.54) is 33.5 Å². The predicted molar refractivity (Wildman–Crippen MR) is 55.1 cm³/mol.